The van der Waals surface area contributed by atoms with Crippen LogP contribution in [0.4, 0.5) is 0 Å². The zero-order chi connectivity index (χ0) is 18.0. The van der Waals surface area contributed by atoms with E-state index in [9.17, 15) is 15.3 Å². The molecule has 3 fully saturated rings. The summed E-state index contributed by atoms with van der Waals surface area (Å²) in [5.41, 5.74) is -1.02. The predicted molar refractivity (Wildman–Crippen MR) is 93.6 cm³/mol. The van der Waals surface area contributed by atoms with Gasteiger partial charge in [0.2, 0.25) is 0 Å². The van der Waals surface area contributed by atoms with E-state index < -0.39 is 23.4 Å². The molecule has 0 aromatic carbocycles. The molecule has 3 N–H and O–H groups in total. The Hall–Kier alpha value is -0.160. The molecule has 0 aromatic heterocycles. The van der Waals surface area contributed by atoms with E-state index in [1.807, 2.05) is 13.8 Å². The third-order valence-electron chi connectivity index (χ3n) is 8.14. The summed E-state index contributed by atoms with van der Waals surface area (Å²) in [6, 6.07) is 0. The molecule has 1 heterocycles. The number of ether oxygens (including phenoxy) is 1. The van der Waals surface area contributed by atoms with Crippen LogP contribution in [0.5, 0.6) is 0 Å². The Labute approximate surface area is 146 Å². The highest BCUT2D eigenvalue weighted by Crippen LogP contribution is 2.65. The summed E-state index contributed by atoms with van der Waals surface area (Å²) in [6.45, 7) is 10.7. The molecule has 2 saturated carbocycles. The van der Waals surface area contributed by atoms with Crippen molar-refractivity contribution in [3.8, 4) is 0 Å². The van der Waals surface area contributed by atoms with Crippen LogP contribution in [0.25, 0.3) is 0 Å². The van der Waals surface area contributed by atoms with Crippen molar-refractivity contribution in [3.05, 3.63) is 0 Å². The van der Waals surface area contributed by atoms with Crippen LogP contribution in [0.1, 0.15) is 73.1 Å². The van der Waals surface area contributed by atoms with E-state index in [1.165, 1.54) is 19.3 Å². The summed E-state index contributed by atoms with van der Waals surface area (Å²) in [4.78, 5) is 0. The van der Waals surface area contributed by atoms with Crippen LogP contribution in [0.2, 0.25) is 0 Å². The van der Waals surface area contributed by atoms with Crippen molar-refractivity contribution in [2.75, 3.05) is 6.61 Å². The van der Waals surface area contributed by atoms with Crippen molar-refractivity contribution in [1.82, 2.24) is 0 Å². The second-order valence-corrected chi connectivity index (χ2v) is 10.0. The van der Waals surface area contributed by atoms with Crippen LogP contribution in [-0.4, -0.2) is 45.3 Å². The minimum absolute atomic E-state index is 0.168. The molecule has 7 atom stereocenters. The lowest BCUT2D eigenvalue weighted by Gasteiger charge is -2.66. The molecular formula is C20H36O4. The van der Waals surface area contributed by atoms with Crippen molar-refractivity contribution < 1.29 is 20.1 Å². The first kappa shape index (κ1) is 18.6. The lowest BCUT2D eigenvalue weighted by molar-refractivity contribution is -0.317. The fraction of sp³-hybridized carbons (Fsp3) is 1.00. The molecule has 1 aliphatic heterocycles. The molecular weight excluding hydrogens is 304 g/mol. The lowest BCUT2D eigenvalue weighted by atomic mass is 9.43. The maximum absolute atomic E-state index is 11.1. The van der Waals surface area contributed by atoms with Gasteiger partial charge < -0.3 is 20.1 Å². The third-order valence-corrected chi connectivity index (χ3v) is 8.14. The number of hydrogen-bond acceptors (Lipinski definition) is 4. The first-order valence-corrected chi connectivity index (χ1v) is 9.67. The quantitative estimate of drug-likeness (QED) is 0.723. The van der Waals surface area contributed by atoms with Gasteiger partial charge in [0.15, 0.2) is 0 Å². The van der Waals surface area contributed by atoms with Crippen LogP contribution in [-0.2, 0) is 4.74 Å². The largest absolute Gasteiger partial charge is 0.394 e. The van der Waals surface area contributed by atoms with Gasteiger partial charge >= 0.3 is 0 Å². The summed E-state index contributed by atoms with van der Waals surface area (Å²) in [5.74, 6) is 0.792. The van der Waals surface area contributed by atoms with Crippen LogP contribution >= 0.6 is 0 Å². The van der Waals surface area contributed by atoms with Crippen LogP contribution < -0.4 is 0 Å². The van der Waals surface area contributed by atoms with Gasteiger partial charge in [-0.25, -0.2) is 0 Å². The van der Waals surface area contributed by atoms with Gasteiger partial charge in [-0.15, -0.1) is 0 Å². The monoisotopic (exact) mass is 340 g/mol. The summed E-state index contributed by atoms with van der Waals surface area (Å²) in [6.07, 6.45) is 4.65. The molecule has 0 aromatic rings. The van der Waals surface area contributed by atoms with E-state index in [1.54, 1.807) is 0 Å². The first-order chi connectivity index (χ1) is 11.0. The average Bonchev–Trinajstić information content (AvgIpc) is 2.48. The first-order valence-electron chi connectivity index (χ1n) is 9.67. The summed E-state index contributed by atoms with van der Waals surface area (Å²) in [5, 5.41) is 30.7. The molecule has 0 amide bonds. The van der Waals surface area contributed by atoms with Gasteiger partial charge in [0, 0.05) is 0 Å². The van der Waals surface area contributed by atoms with Gasteiger partial charge in [-0.2, -0.15) is 0 Å². The van der Waals surface area contributed by atoms with E-state index in [-0.39, 0.29) is 23.4 Å². The highest BCUT2D eigenvalue weighted by atomic mass is 16.6. The van der Waals surface area contributed by atoms with Crippen molar-refractivity contribution in [3.63, 3.8) is 0 Å². The van der Waals surface area contributed by atoms with E-state index in [0.29, 0.717) is 5.92 Å². The number of hydrogen-bond donors (Lipinski definition) is 3. The van der Waals surface area contributed by atoms with Crippen molar-refractivity contribution in [2.24, 2.45) is 22.7 Å². The molecule has 3 aliphatic rings. The predicted octanol–water partition coefficient (Wildman–Crippen LogP) is 2.88. The van der Waals surface area contributed by atoms with Gasteiger partial charge in [-0.3, -0.25) is 0 Å². The molecule has 24 heavy (non-hydrogen) atoms. The van der Waals surface area contributed by atoms with Gasteiger partial charge in [0.05, 0.1) is 23.9 Å². The maximum atomic E-state index is 11.1. The standard InChI is InChI=1S/C20H36O4/c1-17(2)8-6-9-18(3)13-7-10-19(4,16(23)12-21)24-20(13,5)15(22)11-14(17)18/h13-16,21-23H,6-12H2,1-5H3/t13?,14?,15-,16+,18+,19+,20-/m0/s1. The van der Waals surface area contributed by atoms with Gasteiger partial charge in [-0.1, -0.05) is 27.2 Å². The number of fused-ring (bicyclic) bond motifs is 3. The Morgan fingerprint density at radius 3 is 2.33 bits per heavy atom. The number of rotatable bonds is 2. The average molecular weight is 341 g/mol. The molecule has 2 unspecified atom stereocenters. The fourth-order valence-corrected chi connectivity index (χ4v) is 6.68. The van der Waals surface area contributed by atoms with Crippen LogP contribution in [0.15, 0.2) is 0 Å². The Bertz CT molecular complexity index is 492. The number of aliphatic hydroxyl groups excluding tert-OH is 3. The molecule has 0 radical (unpaired) electrons. The molecule has 0 bridgehead atoms. The molecule has 3 rings (SSSR count). The number of aliphatic hydroxyl groups is 3. The van der Waals surface area contributed by atoms with E-state index >= 15 is 0 Å². The van der Waals surface area contributed by atoms with E-state index in [4.69, 9.17) is 4.74 Å². The smallest absolute Gasteiger partial charge is 0.106 e. The van der Waals surface area contributed by atoms with Gasteiger partial charge in [0.1, 0.15) is 6.10 Å². The van der Waals surface area contributed by atoms with Crippen molar-refractivity contribution in [2.45, 2.75) is 96.6 Å². The summed E-state index contributed by atoms with van der Waals surface area (Å²) in [7, 11) is 0. The van der Waals surface area contributed by atoms with Crippen LogP contribution in [0.3, 0.4) is 0 Å². The second-order valence-electron chi connectivity index (χ2n) is 10.0. The van der Waals surface area contributed by atoms with Crippen molar-refractivity contribution in [1.29, 1.82) is 0 Å². The topological polar surface area (TPSA) is 69.9 Å². The van der Waals surface area contributed by atoms with Gasteiger partial charge in [-0.05, 0) is 68.6 Å². The third kappa shape index (κ3) is 2.48. The molecule has 0 spiro atoms. The molecule has 140 valence electrons. The van der Waals surface area contributed by atoms with Gasteiger partial charge in [0.25, 0.3) is 0 Å². The summed E-state index contributed by atoms with van der Waals surface area (Å²) >= 11 is 0. The Morgan fingerprint density at radius 2 is 1.71 bits per heavy atom. The highest BCUT2D eigenvalue weighted by molar-refractivity contribution is 5.14. The summed E-state index contributed by atoms with van der Waals surface area (Å²) < 4.78 is 6.45. The van der Waals surface area contributed by atoms with E-state index in [2.05, 4.69) is 20.8 Å². The minimum atomic E-state index is -0.907. The molecule has 4 nitrogen and oxygen atoms in total. The zero-order valence-electron chi connectivity index (χ0n) is 16.0. The maximum Gasteiger partial charge on any atom is 0.106 e. The molecule has 1 saturated heterocycles. The van der Waals surface area contributed by atoms with Crippen LogP contribution in [0, 0.1) is 22.7 Å². The Morgan fingerprint density at radius 1 is 1.04 bits per heavy atom. The minimum Gasteiger partial charge on any atom is -0.394 e. The molecule has 4 heteroatoms. The molecule has 2 aliphatic carbocycles. The van der Waals surface area contributed by atoms with Crippen molar-refractivity contribution >= 4 is 0 Å². The Balaban J connectivity index is 1.97. The lowest BCUT2D eigenvalue weighted by Crippen LogP contribution is -2.69. The zero-order valence-corrected chi connectivity index (χ0v) is 16.0. The fourth-order valence-electron chi connectivity index (χ4n) is 6.68. The SMILES string of the molecule is CC1(C)CCC[C@@]2(C)C1C[C@H](O)[C@@]1(C)O[C@@](C)([C@H](O)CO)CCC21. The highest BCUT2D eigenvalue weighted by Gasteiger charge is 2.65. The van der Waals surface area contributed by atoms with E-state index in [0.717, 1.165) is 19.3 Å². The second kappa shape index (κ2) is 5.67. The normalized spacial score (nSPS) is 52.2. The Kier molecular flexibility index (Phi) is 4.40.